The first-order valence-corrected chi connectivity index (χ1v) is 8.07. The molecule has 2 heterocycles. The van der Waals surface area contributed by atoms with E-state index >= 15 is 0 Å². The van der Waals surface area contributed by atoms with E-state index in [4.69, 9.17) is 0 Å². The summed E-state index contributed by atoms with van der Waals surface area (Å²) in [6, 6.07) is 5.69. The number of nitrogens with zero attached hydrogens (tertiary/aromatic N) is 2. The number of amides is 2. The second kappa shape index (κ2) is 5.85. The lowest BCUT2D eigenvalue weighted by Gasteiger charge is -2.33. The van der Waals surface area contributed by atoms with E-state index in [0.717, 1.165) is 35.3 Å². The summed E-state index contributed by atoms with van der Waals surface area (Å²) in [7, 11) is 0. The van der Waals surface area contributed by atoms with Crippen molar-refractivity contribution in [3.05, 3.63) is 29.6 Å². The van der Waals surface area contributed by atoms with Gasteiger partial charge in [0.15, 0.2) is 0 Å². The lowest BCUT2D eigenvalue weighted by Crippen LogP contribution is -2.51. The summed E-state index contributed by atoms with van der Waals surface area (Å²) in [6.07, 6.45) is 1.76. The van der Waals surface area contributed by atoms with Gasteiger partial charge in [0.2, 0.25) is 0 Å². The van der Waals surface area contributed by atoms with E-state index in [1.165, 1.54) is 0 Å². The summed E-state index contributed by atoms with van der Waals surface area (Å²) in [5.41, 5.74) is 2.14. The zero-order valence-corrected chi connectivity index (χ0v) is 13.9. The Hall–Kier alpha value is -2.08. The lowest BCUT2D eigenvalue weighted by molar-refractivity contribution is 0.00977. The Balaban J connectivity index is 1.67. The van der Waals surface area contributed by atoms with Crippen molar-refractivity contribution in [3.8, 4) is 0 Å². The molecular formula is C17H24N4O2. The van der Waals surface area contributed by atoms with Crippen LogP contribution < -0.4 is 5.32 Å². The number of urea groups is 1. The maximum atomic E-state index is 12.4. The normalized spacial score (nSPS) is 18.6. The van der Waals surface area contributed by atoms with Crippen LogP contribution in [0.15, 0.2) is 18.2 Å². The van der Waals surface area contributed by atoms with Crippen LogP contribution in [0.1, 0.15) is 38.1 Å². The van der Waals surface area contributed by atoms with Crippen molar-refractivity contribution in [1.29, 1.82) is 0 Å². The van der Waals surface area contributed by atoms with E-state index in [0.29, 0.717) is 13.1 Å². The third-order valence-corrected chi connectivity index (χ3v) is 4.50. The number of aryl methyl sites for hydroxylation is 1. The van der Waals surface area contributed by atoms with Gasteiger partial charge in [-0.3, -0.25) is 0 Å². The van der Waals surface area contributed by atoms with Gasteiger partial charge in [-0.05, 0) is 45.2 Å². The topological polar surface area (TPSA) is 81.2 Å². The summed E-state index contributed by atoms with van der Waals surface area (Å²) in [6.45, 7) is 6.56. The summed E-state index contributed by atoms with van der Waals surface area (Å²) >= 11 is 0. The van der Waals surface area contributed by atoms with Crippen LogP contribution in [-0.4, -0.2) is 44.2 Å². The molecule has 1 unspecified atom stereocenters. The Morgan fingerprint density at radius 2 is 2.30 bits per heavy atom. The first-order chi connectivity index (χ1) is 10.9. The second-order valence-electron chi connectivity index (χ2n) is 6.82. The van der Waals surface area contributed by atoms with E-state index < -0.39 is 5.60 Å². The smallest absolute Gasteiger partial charge is 0.318 e. The molecule has 6 nitrogen and oxygen atoms in total. The van der Waals surface area contributed by atoms with Gasteiger partial charge in [0.25, 0.3) is 0 Å². The van der Waals surface area contributed by atoms with Crippen LogP contribution in [-0.2, 0) is 6.54 Å². The fraction of sp³-hybridized carbons (Fsp3) is 0.529. The fourth-order valence-corrected chi connectivity index (χ4v) is 3.32. The Morgan fingerprint density at radius 3 is 3.00 bits per heavy atom. The van der Waals surface area contributed by atoms with Gasteiger partial charge in [0.1, 0.15) is 5.82 Å². The van der Waals surface area contributed by atoms with Crippen molar-refractivity contribution in [2.75, 3.05) is 6.54 Å². The van der Waals surface area contributed by atoms with E-state index in [1.54, 1.807) is 18.7 Å². The maximum Gasteiger partial charge on any atom is 0.318 e. The fourth-order valence-electron chi connectivity index (χ4n) is 3.32. The molecule has 1 saturated heterocycles. The predicted molar refractivity (Wildman–Crippen MR) is 89.1 cm³/mol. The zero-order valence-electron chi connectivity index (χ0n) is 13.9. The number of carbonyl (C=O) groups excluding carboxylic acids is 1. The van der Waals surface area contributed by atoms with E-state index in [-0.39, 0.29) is 12.1 Å². The van der Waals surface area contributed by atoms with Gasteiger partial charge in [0, 0.05) is 6.54 Å². The van der Waals surface area contributed by atoms with E-state index in [2.05, 4.69) is 15.3 Å². The number of benzene rings is 1. The van der Waals surface area contributed by atoms with Gasteiger partial charge in [0.05, 0.1) is 29.2 Å². The Labute approximate surface area is 135 Å². The molecule has 1 aromatic carbocycles. The molecule has 1 atom stereocenters. The van der Waals surface area contributed by atoms with Crippen LogP contribution >= 0.6 is 0 Å². The van der Waals surface area contributed by atoms with Crippen molar-refractivity contribution in [3.63, 3.8) is 0 Å². The minimum Gasteiger partial charge on any atom is -0.388 e. The number of likely N-dealkylation sites (tertiary alicyclic amines) is 1. The molecule has 0 radical (unpaired) electrons. The van der Waals surface area contributed by atoms with Gasteiger partial charge in [-0.2, -0.15) is 0 Å². The highest BCUT2D eigenvalue weighted by Gasteiger charge is 2.38. The molecule has 3 rings (SSSR count). The SMILES string of the molecule is Cc1cccc2[nH]c(CNC(=O)N3CCCC3C(C)(C)O)nc12. The minimum atomic E-state index is -0.885. The quantitative estimate of drug-likeness (QED) is 0.813. The predicted octanol–water partition coefficient (Wildman–Crippen LogP) is 2.32. The molecule has 0 spiro atoms. The Morgan fingerprint density at radius 1 is 1.52 bits per heavy atom. The molecule has 3 N–H and O–H groups in total. The van der Waals surface area contributed by atoms with E-state index in [9.17, 15) is 9.90 Å². The highest BCUT2D eigenvalue weighted by Crippen LogP contribution is 2.26. The lowest BCUT2D eigenvalue weighted by atomic mass is 9.97. The number of H-pyrrole nitrogens is 1. The third kappa shape index (κ3) is 3.17. The number of imidazole rings is 1. The monoisotopic (exact) mass is 316 g/mol. The zero-order chi connectivity index (χ0) is 16.6. The van der Waals surface area contributed by atoms with Crippen LogP contribution in [0, 0.1) is 6.92 Å². The van der Waals surface area contributed by atoms with Crippen molar-refractivity contribution in [2.24, 2.45) is 0 Å². The summed E-state index contributed by atoms with van der Waals surface area (Å²) in [5.74, 6) is 0.738. The number of carbonyl (C=O) groups is 1. The van der Waals surface area contributed by atoms with Crippen LogP contribution in [0.25, 0.3) is 11.0 Å². The Kier molecular flexibility index (Phi) is 4.02. The summed E-state index contributed by atoms with van der Waals surface area (Å²) in [4.78, 5) is 21.9. The average Bonchev–Trinajstić information content (AvgIpc) is 3.11. The number of aromatic amines is 1. The molecule has 0 aliphatic carbocycles. The maximum absolute atomic E-state index is 12.4. The number of aromatic nitrogens is 2. The number of nitrogens with one attached hydrogen (secondary N) is 2. The molecule has 2 amide bonds. The molecule has 1 aliphatic heterocycles. The van der Waals surface area contributed by atoms with Crippen molar-refractivity contribution in [1.82, 2.24) is 20.2 Å². The van der Waals surface area contributed by atoms with Gasteiger partial charge in [-0.1, -0.05) is 12.1 Å². The standard InChI is InChI=1S/C17H24N4O2/c1-11-6-4-7-12-15(11)20-14(19-12)10-18-16(22)21-9-5-8-13(21)17(2,3)23/h4,6-7,13,23H,5,8-10H2,1-3H3,(H,18,22)(H,19,20). The van der Waals surface area contributed by atoms with Crippen LogP contribution in [0.4, 0.5) is 4.79 Å². The second-order valence-corrected chi connectivity index (χ2v) is 6.82. The largest absolute Gasteiger partial charge is 0.388 e. The molecule has 0 saturated carbocycles. The van der Waals surface area contributed by atoms with Crippen molar-refractivity contribution >= 4 is 17.1 Å². The number of fused-ring (bicyclic) bond motifs is 1. The summed E-state index contributed by atoms with van der Waals surface area (Å²) in [5, 5.41) is 13.1. The molecular weight excluding hydrogens is 292 g/mol. The van der Waals surface area contributed by atoms with Crippen LogP contribution in [0.2, 0.25) is 0 Å². The number of hydrogen-bond acceptors (Lipinski definition) is 3. The molecule has 1 aromatic heterocycles. The molecule has 1 aliphatic rings. The molecule has 23 heavy (non-hydrogen) atoms. The number of rotatable bonds is 3. The van der Waals surface area contributed by atoms with Crippen molar-refractivity contribution in [2.45, 2.75) is 51.8 Å². The third-order valence-electron chi connectivity index (χ3n) is 4.50. The minimum absolute atomic E-state index is 0.139. The molecule has 2 aromatic rings. The van der Waals surface area contributed by atoms with Gasteiger partial charge in [-0.15, -0.1) is 0 Å². The first kappa shape index (κ1) is 15.8. The summed E-state index contributed by atoms with van der Waals surface area (Å²) < 4.78 is 0. The highest BCUT2D eigenvalue weighted by molar-refractivity contribution is 5.79. The molecule has 6 heteroatoms. The molecule has 1 fully saturated rings. The Bertz CT molecular complexity index is 717. The van der Waals surface area contributed by atoms with Gasteiger partial charge >= 0.3 is 6.03 Å². The number of para-hydroxylation sites is 1. The van der Waals surface area contributed by atoms with Crippen LogP contribution in [0.3, 0.4) is 0 Å². The first-order valence-electron chi connectivity index (χ1n) is 8.07. The average molecular weight is 316 g/mol. The highest BCUT2D eigenvalue weighted by atomic mass is 16.3. The number of hydrogen-bond donors (Lipinski definition) is 3. The molecule has 124 valence electrons. The number of aliphatic hydroxyl groups is 1. The van der Waals surface area contributed by atoms with Gasteiger partial charge in [-0.25, -0.2) is 9.78 Å². The van der Waals surface area contributed by atoms with Crippen LogP contribution in [0.5, 0.6) is 0 Å². The van der Waals surface area contributed by atoms with Gasteiger partial charge < -0.3 is 20.3 Å². The van der Waals surface area contributed by atoms with Crippen molar-refractivity contribution < 1.29 is 9.90 Å². The van der Waals surface area contributed by atoms with E-state index in [1.807, 2.05) is 25.1 Å². The molecule has 0 bridgehead atoms.